The maximum atomic E-state index is 12.2. The average Bonchev–Trinajstić information content (AvgIpc) is 2.99. The van der Waals surface area contributed by atoms with Gasteiger partial charge in [-0.05, 0) is 26.8 Å². The van der Waals surface area contributed by atoms with E-state index in [-0.39, 0.29) is 12.5 Å². The number of aliphatic carboxylic acids is 1. The SMILES string of the molecule is Cc1cc(-n2c(C)cc(C(=O)NC[C@@H](C)C(=O)O)c2C)no1. The number of carbonyl (C=O) groups excluding carboxylic acids is 1. The van der Waals surface area contributed by atoms with Crippen molar-refractivity contribution in [1.29, 1.82) is 0 Å². The Morgan fingerprint density at radius 2 is 2.05 bits per heavy atom. The Bertz CT molecular complexity index is 714. The number of rotatable bonds is 5. The second kappa shape index (κ2) is 6.05. The number of nitrogens with zero attached hydrogens (tertiary/aromatic N) is 2. The molecule has 2 heterocycles. The molecule has 0 aliphatic carbocycles. The fourth-order valence-electron chi connectivity index (χ4n) is 2.23. The molecule has 2 aromatic heterocycles. The lowest BCUT2D eigenvalue weighted by Crippen LogP contribution is -2.31. The lowest BCUT2D eigenvalue weighted by Gasteiger charge is -2.09. The first kappa shape index (κ1) is 15.8. The highest BCUT2D eigenvalue weighted by Crippen LogP contribution is 2.20. The number of aromatic nitrogens is 2. The van der Waals surface area contributed by atoms with E-state index in [0.717, 1.165) is 11.4 Å². The summed E-state index contributed by atoms with van der Waals surface area (Å²) in [5, 5.41) is 15.4. The average molecular weight is 305 g/mol. The van der Waals surface area contributed by atoms with Crippen LogP contribution in [-0.2, 0) is 4.79 Å². The van der Waals surface area contributed by atoms with Gasteiger partial charge in [0.25, 0.3) is 5.91 Å². The molecule has 0 aliphatic rings. The van der Waals surface area contributed by atoms with E-state index in [4.69, 9.17) is 9.63 Å². The van der Waals surface area contributed by atoms with Crippen LogP contribution in [0.15, 0.2) is 16.7 Å². The van der Waals surface area contributed by atoms with E-state index < -0.39 is 11.9 Å². The summed E-state index contributed by atoms with van der Waals surface area (Å²) >= 11 is 0. The first-order valence-corrected chi connectivity index (χ1v) is 6.95. The summed E-state index contributed by atoms with van der Waals surface area (Å²) in [4.78, 5) is 23.0. The molecule has 0 aliphatic heterocycles. The lowest BCUT2D eigenvalue weighted by atomic mass is 10.1. The Kier molecular flexibility index (Phi) is 4.35. The zero-order valence-corrected chi connectivity index (χ0v) is 13.0. The molecule has 1 atom stereocenters. The number of carbonyl (C=O) groups is 2. The molecule has 0 bridgehead atoms. The van der Waals surface area contributed by atoms with Gasteiger partial charge in [-0.2, -0.15) is 0 Å². The van der Waals surface area contributed by atoms with Gasteiger partial charge < -0.3 is 14.9 Å². The van der Waals surface area contributed by atoms with E-state index in [0.29, 0.717) is 17.1 Å². The van der Waals surface area contributed by atoms with Crippen molar-refractivity contribution in [1.82, 2.24) is 15.0 Å². The van der Waals surface area contributed by atoms with Crippen molar-refractivity contribution < 1.29 is 19.2 Å². The third-order valence-electron chi connectivity index (χ3n) is 3.51. The van der Waals surface area contributed by atoms with E-state index in [9.17, 15) is 9.59 Å². The van der Waals surface area contributed by atoms with Crippen LogP contribution in [0.25, 0.3) is 5.82 Å². The summed E-state index contributed by atoms with van der Waals surface area (Å²) in [5.74, 6) is -0.573. The predicted molar refractivity (Wildman–Crippen MR) is 79.2 cm³/mol. The monoisotopic (exact) mass is 305 g/mol. The minimum Gasteiger partial charge on any atom is -0.481 e. The summed E-state index contributed by atoms with van der Waals surface area (Å²) in [7, 11) is 0. The smallest absolute Gasteiger partial charge is 0.308 e. The highest BCUT2D eigenvalue weighted by atomic mass is 16.5. The van der Waals surface area contributed by atoms with Crippen LogP contribution in [0, 0.1) is 26.7 Å². The number of amides is 1. The highest BCUT2D eigenvalue weighted by molar-refractivity contribution is 5.96. The zero-order valence-electron chi connectivity index (χ0n) is 13.0. The van der Waals surface area contributed by atoms with Crippen LogP contribution in [0.3, 0.4) is 0 Å². The fourth-order valence-corrected chi connectivity index (χ4v) is 2.23. The molecule has 7 nitrogen and oxygen atoms in total. The van der Waals surface area contributed by atoms with Crippen molar-refractivity contribution in [2.24, 2.45) is 5.92 Å². The molecule has 1 amide bonds. The van der Waals surface area contributed by atoms with Crippen LogP contribution in [0.5, 0.6) is 0 Å². The summed E-state index contributed by atoms with van der Waals surface area (Å²) < 4.78 is 6.89. The molecule has 0 fully saturated rings. The summed E-state index contributed by atoms with van der Waals surface area (Å²) in [6.45, 7) is 7.11. The molecule has 0 radical (unpaired) electrons. The standard InChI is InChI=1S/C15H19N3O4/c1-8(15(20)21)7-16-14(19)12-5-9(2)18(11(12)4)13-6-10(3)22-17-13/h5-6,8H,7H2,1-4H3,(H,16,19)(H,20,21)/t8-/m1/s1. The van der Waals surface area contributed by atoms with Gasteiger partial charge in [0.15, 0.2) is 5.82 Å². The fraction of sp³-hybridized carbons (Fsp3) is 0.400. The molecular formula is C15H19N3O4. The van der Waals surface area contributed by atoms with Gasteiger partial charge >= 0.3 is 5.97 Å². The minimum atomic E-state index is -0.941. The van der Waals surface area contributed by atoms with Gasteiger partial charge in [-0.3, -0.25) is 14.2 Å². The molecule has 2 aromatic rings. The van der Waals surface area contributed by atoms with Gasteiger partial charge in [0.2, 0.25) is 0 Å². The Morgan fingerprint density at radius 1 is 1.36 bits per heavy atom. The molecule has 0 unspecified atom stereocenters. The quantitative estimate of drug-likeness (QED) is 0.878. The Balaban J connectivity index is 2.23. The number of carboxylic acid groups (broad SMARTS) is 1. The highest BCUT2D eigenvalue weighted by Gasteiger charge is 2.19. The van der Waals surface area contributed by atoms with Gasteiger partial charge in [-0.1, -0.05) is 12.1 Å². The molecule has 7 heteroatoms. The van der Waals surface area contributed by atoms with Gasteiger partial charge in [-0.25, -0.2) is 0 Å². The first-order valence-electron chi connectivity index (χ1n) is 6.95. The maximum absolute atomic E-state index is 12.2. The largest absolute Gasteiger partial charge is 0.481 e. The molecule has 22 heavy (non-hydrogen) atoms. The van der Waals surface area contributed by atoms with E-state index in [2.05, 4.69) is 10.5 Å². The van der Waals surface area contributed by atoms with Crippen LogP contribution in [-0.4, -0.2) is 33.3 Å². The molecule has 118 valence electrons. The molecular weight excluding hydrogens is 286 g/mol. The summed E-state index contributed by atoms with van der Waals surface area (Å²) in [5.41, 5.74) is 2.07. The van der Waals surface area contributed by atoms with E-state index >= 15 is 0 Å². The van der Waals surface area contributed by atoms with Crippen molar-refractivity contribution in [3.8, 4) is 5.82 Å². The van der Waals surface area contributed by atoms with Crippen molar-refractivity contribution in [2.75, 3.05) is 6.54 Å². The van der Waals surface area contributed by atoms with Crippen LogP contribution >= 0.6 is 0 Å². The molecule has 0 saturated heterocycles. The molecule has 0 spiro atoms. The predicted octanol–water partition coefficient (Wildman–Crippen LogP) is 1.84. The molecule has 0 aromatic carbocycles. The second-order valence-electron chi connectivity index (χ2n) is 5.37. The van der Waals surface area contributed by atoms with Gasteiger partial charge in [0, 0.05) is 24.0 Å². The zero-order chi connectivity index (χ0) is 16.4. The van der Waals surface area contributed by atoms with Crippen molar-refractivity contribution in [3.05, 3.63) is 34.8 Å². The van der Waals surface area contributed by atoms with Crippen molar-refractivity contribution >= 4 is 11.9 Å². The summed E-state index contributed by atoms with van der Waals surface area (Å²) in [6.07, 6.45) is 0. The van der Waals surface area contributed by atoms with Gasteiger partial charge in [0.05, 0.1) is 11.5 Å². The summed E-state index contributed by atoms with van der Waals surface area (Å²) in [6, 6.07) is 3.54. The number of hydrogen-bond acceptors (Lipinski definition) is 4. The van der Waals surface area contributed by atoms with Crippen LogP contribution in [0.2, 0.25) is 0 Å². The topological polar surface area (TPSA) is 97.4 Å². The van der Waals surface area contributed by atoms with E-state index in [1.165, 1.54) is 0 Å². The third kappa shape index (κ3) is 3.03. The molecule has 0 saturated carbocycles. The van der Waals surface area contributed by atoms with Crippen molar-refractivity contribution in [2.45, 2.75) is 27.7 Å². The number of carboxylic acids is 1. The van der Waals surface area contributed by atoms with Crippen molar-refractivity contribution in [3.63, 3.8) is 0 Å². The van der Waals surface area contributed by atoms with E-state index in [1.54, 1.807) is 26.0 Å². The van der Waals surface area contributed by atoms with Gasteiger partial charge in [-0.15, -0.1) is 0 Å². The first-order chi connectivity index (χ1) is 10.3. The number of hydrogen-bond donors (Lipinski definition) is 2. The van der Waals surface area contributed by atoms with E-state index in [1.807, 2.05) is 18.4 Å². The lowest BCUT2D eigenvalue weighted by molar-refractivity contribution is -0.140. The number of aryl methyl sites for hydroxylation is 2. The van der Waals surface area contributed by atoms with Crippen LogP contribution in [0.4, 0.5) is 0 Å². The molecule has 2 rings (SSSR count). The number of nitrogens with one attached hydrogen (secondary N) is 1. The Labute approximate surface area is 127 Å². The maximum Gasteiger partial charge on any atom is 0.308 e. The molecule has 2 N–H and O–H groups in total. The van der Waals surface area contributed by atoms with Crippen LogP contribution < -0.4 is 5.32 Å². The third-order valence-corrected chi connectivity index (χ3v) is 3.51. The normalized spacial score (nSPS) is 12.2. The van der Waals surface area contributed by atoms with Gasteiger partial charge in [0.1, 0.15) is 5.76 Å². The Morgan fingerprint density at radius 3 is 2.59 bits per heavy atom. The second-order valence-corrected chi connectivity index (χ2v) is 5.37. The van der Waals surface area contributed by atoms with Crippen LogP contribution in [0.1, 0.15) is 34.4 Å². The minimum absolute atomic E-state index is 0.0842. The Hall–Kier alpha value is -2.57.